The molecule has 0 unspecified atom stereocenters. The van der Waals surface area contributed by atoms with Gasteiger partial charge in [-0.25, -0.2) is 0 Å². The van der Waals surface area contributed by atoms with Crippen molar-refractivity contribution in [1.82, 2.24) is 9.47 Å². The highest BCUT2D eigenvalue weighted by Crippen LogP contribution is 2.43. The molecule has 4 rings (SSSR count). The molecule has 1 fully saturated rings. The summed E-state index contributed by atoms with van der Waals surface area (Å²) in [4.78, 5) is 35.0. The summed E-state index contributed by atoms with van der Waals surface area (Å²) >= 11 is 13.3. The van der Waals surface area contributed by atoms with Crippen LogP contribution >= 0.6 is 42.7 Å². The molecule has 1 amide bonds. The minimum Gasteiger partial charge on any atom is -0.350 e. The van der Waals surface area contributed by atoms with E-state index in [4.69, 9.17) is 23.2 Å². The lowest BCUT2D eigenvalue weighted by Gasteiger charge is -2.26. The van der Waals surface area contributed by atoms with Gasteiger partial charge in [-0.2, -0.15) is 0 Å². The minimum atomic E-state index is -4.38. The van der Waals surface area contributed by atoms with Crippen LogP contribution < -0.4 is 4.31 Å². The number of hydrogen-bond acceptors (Lipinski definition) is 4. The number of likely N-dealkylation sites (tertiary alicyclic amines) is 1. The normalized spacial score (nSPS) is 14.6. The smallest absolute Gasteiger partial charge is 0.345 e. The lowest BCUT2D eigenvalue weighted by molar-refractivity contribution is 0.0726. The van der Waals surface area contributed by atoms with E-state index in [0.717, 1.165) is 55.2 Å². The van der Waals surface area contributed by atoms with Crippen molar-refractivity contribution in [2.75, 3.05) is 23.7 Å². The maximum absolute atomic E-state index is 13.1. The second-order valence-electron chi connectivity index (χ2n) is 8.09. The van der Waals surface area contributed by atoms with Crippen LogP contribution in [0.25, 0.3) is 10.9 Å². The van der Waals surface area contributed by atoms with Crippen molar-refractivity contribution in [2.45, 2.75) is 24.2 Å². The number of benzene rings is 2. The van der Waals surface area contributed by atoms with Gasteiger partial charge in [0.25, 0.3) is 5.91 Å². The number of rotatable bonds is 6. The van der Waals surface area contributed by atoms with Gasteiger partial charge >= 0.3 is 7.60 Å². The summed E-state index contributed by atoms with van der Waals surface area (Å²) in [7, 11) is -2.52. The summed E-state index contributed by atoms with van der Waals surface area (Å²) in [5.74, 6) is 0.0167. The lowest BCUT2D eigenvalue weighted by Crippen LogP contribution is -2.35. The number of anilines is 1. The molecule has 1 saturated heterocycles. The van der Waals surface area contributed by atoms with Crippen LogP contribution in [0.15, 0.2) is 47.5 Å². The maximum atomic E-state index is 13.1. The van der Waals surface area contributed by atoms with E-state index in [2.05, 4.69) is 0 Å². The molecule has 0 spiro atoms. The van der Waals surface area contributed by atoms with E-state index in [-0.39, 0.29) is 5.91 Å². The number of nitrogens with zero attached hydrogens (tertiary/aromatic N) is 3. The Morgan fingerprint density at radius 1 is 1.09 bits per heavy atom. The van der Waals surface area contributed by atoms with Crippen LogP contribution in [0.5, 0.6) is 0 Å². The number of aryl methyl sites for hydroxylation is 1. The van der Waals surface area contributed by atoms with Gasteiger partial charge in [-0.1, -0.05) is 23.2 Å². The predicted molar refractivity (Wildman–Crippen MR) is 134 cm³/mol. The molecule has 11 heteroatoms. The third-order valence-corrected chi connectivity index (χ3v) is 7.79. The molecule has 7 nitrogen and oxygen atoms in total. The monoisotopic (exact) mass is 527 g/mol. The van der Waals surface area contributed by atoms with Gasteiger partial charge < -0.3 is 19.3 Å². The van der Waals surface area contributed by atoms with E-state index in [1.165, 1.54) is 4.31 Å². The number of carbonyl (C=O) groups excluding carboxylic acids is 1. The number of aromatic nitrogens is 1. The van der Waals surface area contributed by atoms with E-state index in [1.807, 2.05) is 34.8 Å². The third-order valence-electron chi connectivity index (χ3n) is 5.50. The Morgan fingerprint density at radius 3 is 2.39 bits per heavy atom. The summed E-state index contributed by atoms with van der Waals surface area (Å²) in [6, 6.07) is 10.4. The van der Waals surface area contributed by atoms with Crippen molar-refractivity contribution in [1.29, 1.82) is 0 Å². The van der Waals surface area contributed by atoms with Crippen LogP contribution in [0.1, 0.15) is 29.6 Å². The average Bonchev–Trinajstić information content (AvgIpc) is 3.08. The minimum absolute atomic E-state index is 0.0167. The summed E-state index contributed by atoms with van der Waals surface area (Å²) in [6.07, 6.45) is 4.50. The Labute approximate surface area is 206 Å². The molecule has 33 heavy (non-hydrogen) atoms. The Kier molecular flexibility index (Phi) is 7.34. The van der Waals surface area contributed by atoms with Gasteiger partial charge in [0.2, 0.25) is 0 Å². The van der Waals surface area contributed by atoms with E-state index in [0.29, 0.717) is 26.2 Å². The summed E-state index contributed by atoms with van der Waals surface area (Å²) in [5, 5.41) is 1.67. The van der Waals surface area contributed by atoms with E-state index < -0.39 is 13.9 Å². The van der Waals surface area contributed by atoms with Gasteiger partial charge in [-0.05, 0) is 67.6 Å². The molecule has 2 N–H and O–H groups in total. The largest absolute Gasteiger partial charge is 0.350 e. The highest BCUT2D eigenvalue weighted by atomic mass is 35.5. The first kappa shape index (κ1) is 24.5. The second kappa shape index (κ2) is 9.90. The van der Waals surface area contributed by atoms with Gasteiger partial charge in [0.15, 0.2) is 0 Å². The molecule has 176 valence electrons. The van der Waals surface area contributed by atoms with E-state index in [9.17, 15) is 19.1 Å². The molecule has 0 radical (unpaired) electrons. The van der Waals surface area contributed by atoms with Crippen LogP contribution in [0.3, 0.4) is 0 Å². The Bertz CT molecular complexity index is 1220. The van der Waals surface area contributed by atoms with E-state index >= 15 is 0 Å². The summed E-state index contributed by atoms with van der Waals surface area (Å²) in [6.45, 7) is 1.53. The predicted octanol–water partition coefficient (Wildman–Crippen LogP) is 5.76. The number of carbonyl (C=O) groups is 1. The van der Waals surface area contributed by atoms with Crippen molar-refractivity contribution in [2.24, 2.45) is 7.05 Å². The van der Waals surface area contributed by atoms with Crippen LogP contribution in [-0.4, -0.2) is 44.5 Å². The van der Waals surface area contributed by atoms with Crippen molar-refractivity contribution in [3.63, 3.8) is 0 Å². The topological polar surface area (TPSA) is 86.0 Å². The van der Waals surface area contributed by atoms with Gasteiger partial charge in [0, 0.05) is 46.7 Å². The van der Waals surface area contributed by atoms with Crippen LogP contribution in [-0.2, 0) is 11.6 Å². The molecule has 0 atom stereocenters. The number of fused-ring (bicyclic) bond motifs is 1. The molecule has 1 aliphatic rings. The fourth-order valence-electron chi connectivity index (χ4n) is 4.00. The summed E-state index contributed by atoms with van der Waals surface area (Å²) < 4.78 is 15.3. The SMILES string of the molecule is Cn1cc(C(=O)N2CCCCC2)c2ccc(N(CP(=O)(O)O)Sc3cc(Cl)cc(Cl)c3)cc21. The Morgan fingerprint density at radius 2 is 1.76 bits per heavy atom. The molecule has 2 aromatic carbocycles. The van der Waals surface area contributed by atoms with Crippen LogP contribution in [0.2, 0.25) is 10.0 Å². The van der Waals surface area contributed by atoms with Crippen molar-refractivity contribution in [3.8, 4) is 0 Å². The fourth-order valence-corrected chi connectivity index (χ4v) is 6.67. The van der Waals surface area contributed by atoms with Crippen molar-refractivity contribution >= 4 is 65.2 Å². The van der Waals surface area contributed by atoms with Gasteiger partial charge in [0.1, 0.15) is 6.29 Å². The number of hydrogen-bond donors (Lipinski definition) is 2. The molecule has 0 saturated carbocycles. The molecule has 1 aliphatic heterocycles. The number of amides is 1. The van der Waals surface area contributed by atoms with Crippen LogP contribution in [0, 0.1) is 0 Å². The first-order chi connectivity index (χ1) is 15.6. The average molecular weight is 528 g/mol. The summed E-state index contributed by atoms with van der Waals surface area (Å²) in [5.41, 5.74) is 2.02. The van der Waals surface area contributed by atoms with Gasteiger partial charge in [-0.15, -0.1) is 0 Å². The first-order valence-electron chi connectivity index (χ1n) is 10.5. The van der Waals surface area contributed by atoms with E-state index in [1.54, 1.807) is 24.3 Å². The van der Waals surface area contributed by atoms with Crippen molar-refractivity contribution in [3.05, 3.63) is 58.2 Å². The molecule has 0 bridgehead atoms. The van der Waals surface area contributed by atoms with Crippen LogP contribution in [0.4, 0.5) is 5.69 Å². The molecule has 0 aliphatic carbocycles. The molecular weight excluding hydrogens is 504 g/mol. The molecule has 1 aromatic heterocycles. The maximum Gasteiger partial charge on any atom is 0.345 e. The first-order valence-corrected chi connectivity index (χ1v) is 13.8. The molecule has 2 heterocycles. The zero-order valence-electron chi connectivity index (χ0n) is 17.9. The number of halogens is 2. The third kappa shape index (κ3) is 5.88. The Balaban J connectivity index is 1.70. The standard InChI is InChI=1S/C22H24Cl2N3O4PS/c1-25-13-20(22(28)26-7-3-2-4-8-26)19-6-5-17(12-21(19)25)27(14-32(29,30)31)33-18-10-15(23)9-16(24)11-18/h5-6,9-13H,2-4,7-8,14H2,1H3,(H2,29,30,31). The fraction of sp³-hybridized carbons (Fsp3) is 0.318. The van der Waals surface area contributed by atoms with Gasteiger partial charge in [-0.3, -0.25) is 13.7 Å². The van der Waals surface area contributed by atoms with Gasteiger partial charge in [0.05, 0.1) is 16.8 Å². The van der Waals surface area contributed by atoms with Crippen molar-refractivity contribution < 1.29 is 19.1 Å². The highest BCUT2D eigenvalue weighted by Gasteiger charge is 2.25. The molecule has 3 aromatic rings. The quantitative estimate of drug-likeness (QED) is 0.313. The lowest BCUT2D eigenvalue weighted by atomic mass is 10.1. The Hall–Kier alpha value is -1.67. The molecular formula is C22H24Cl2N3O4PS. The second-order valence-corrected chi connectivity index (χ2v) is 11.7. The number of piperidine rings is 1. The zero-order valence-corrected chi connectivity index (χ0v) is 21.2. The highest BCUT2D eigenvalue weighted by molar-refractivity contribution is 8.01. The zero-order chi connectivity index (χ0) is 23.8.